The molecule has 2 aliphatic rings. The van der Waals surface area contributed by atoms with E-state index in [1.807, 2.05) is 30.9 Å². The number of ether oxygens (including phenoxy) is 1. The SMILES string of the molecule is Cc1noc(C)c1CN1CCCC2(C1)CN(C(=O)c1ccc[nH]1)CCO2. The van der Waals surface area contributed by atoms with Crippen LogP contribution in [0.3, 0.4) is 0 Å². The van der Waals surface area contributed by atoms with Crippen LogP contribution in [0.25, 0.3) is 0 Å². The van der Waals surface area contributed by atoms with Crippen molar-refractivity contribution in [3.63, 3.8) is 0 Å². The number of piperidine rings is 1. The zero-order chi connectivity index (χ0) is 18.1. The molecule has 2 saturated heterocycles. The molecule has 2 aliphatic heterocycles. The molecule has 0 bridgehead atoms. The Morgan fingerprint density at radius 1 is 1.35 bits per heavy atom. The molecule has 0 aliphatic carbocycles. The minimum Gasteiger partial charge on any atom is -0.370 e. The summed E-state index contributed by atoms with van der Waals surface area (Å²) in [5.41, 5.74) is 2.48. The topological polar surface area (TPSA) is 74.6 Å². The lowest BCUT2D eigenvalue weighted by atomic mass is 9.90. The lowest BCUT2D eigenvalue weighted by Gasteiger charge is -2.48. The molecule has 2 aromatic heterocycles. The predicted molar refractivity (Wildman–Crippen MR) is 95.9 cm³/mol. The zero-order valence-electron chi connectivity index (χ0n) is 15.5. The molecule has 0 radical (unpaired) electrons. The van der Waals surface area contributed by atoms with Crippen molar-refractivity contribution in [2.75, 3.05) is 32.8 Å². The van der Waals surface area contributed by atoms with Crippen LogP contribution in [0, 0.1) is 13.8 Å². The van der Waals surface area contributed by atoms with Crippen LogP contribution in [0.15, 0.2) is 22.9 Å². The molecule has 26 heavy (non-hydrogen) atoms. The van der Waals surface area contributed by atoms with E-state index in [4.69, 9.17) is 9.26 Å². The number of morpholine rings is 1. The highest BCUT2D eigenvalue weighted by Crippen LogP contribution is 2.31. The van der Waals surface area contributed by atoms with Crippen LogP contribution in [-0.4, -0.2) is 64.2 Å². The third-order valence-electron chi connectivity index (χ3n) is 5.55. The van der Waals surface area contributed by atoms with Gasteiger partial charge in [-0.15, -0.1) is 0 Å². The molecule has 1 N–H and O–H groups in total. The summed E-state index contributed by atoms with van der Waals surface area (Å²) in [5, 5.41) is 4.06. The molecule has 0 saturated carbocycles. The molecule has 1 atom stereocenters. The van der Waals surface area contributed by atoms with E-state index in [9.17, 15) is 4.79 Å². The van der Waals surface area contributed by atoms with Crippen molar-refractivity contribution < 1.29 is 14.1 Å². The minimum absolute atomic E-state index is 0.0560. The molecule has 2 aromatic rings. The van der Waals surface area contributed by atoms with E-state index in [2.05, 4.69) is 15.0 Å². The number of aryl methyl sites for hydroxylation is 2. The number of nitrogens with one attached hydrogen (secondary N) is 1. The normalized spacial score (nSPS) is 24.3. The number of hydrogen-bond acceptors (Lipinski definition) is 5. The summed E-state index contributed by atoms with van der Waals surface area (Å²) in [7, 11) is 0. The summed E-state index contributed by atoms with van der Waals surface area (Å²) >= 11 is 0. The first-order chi connectivity index (χ1) is 12.6. The van der Waals surface area contributed by atoms with E-state index < -0.39 is 0 Å². The van der Waals surface area contributed by atoms with Crippen LogP contribution in [0.2, 0.25) is 0 Å². The second-order valence-corrected chi connectivity index (χ2v) is 7.46. The van der Waals surface area contributed by atoms with Crippen LogP contribution >= 0.6 is 0 Å². The van der Waals surface area contributed by atoms with Gasteiger partial charge in [0.25, 0.3) is 5.91 Å². The van der Waals surface area contributed by atoms with Crippen LogP contribution in [0.5, 0.6) is 0 Å². The van der Waals surface area contributed by atoms with Crippen LogP contribution in [-0.2, 0) is 11.3 Å². The van der Waals surface area contributed by atoms with Gasteiger partial charge in [-0.1, -0.05) is 5.16 Å². The molecule has 4 heterocycles. The van der Waals surface area contributed by atoms with Crippen LogP contribution < -0.4 is 0 Å². The number of aromatic amines is 1. The second kappa shape index (κ2) is 6.89. The van der Waals surface area contributed by atoms with Gasteiger partial charge in [0.2, 0.25) is 0 Å². The van der Waals surface area contributed by atoms with Crippen LogP contribution in [0.1, 0.15) is 40.3 Å². The average molecular weight is 358 g/mol. The standard InChI is InChI=1S/C19H26N4O3/c1-14-16(15(2)26-21-14)11-22-8-4-6-19(12-22)13-23(9-10-25-19)18(24)17-5-3-7-20-17/h3,5,7,20H,4,6,8-13H2,1-2H3. The van der Waals surface area contributed by atoms with Crippen molar-refractivity contribution in [3.05, 3.63) is 41.0 Å². The number of rotatable bonds is 3. The first-order valence-corrected chi connectivity index (χ1v) is 9.27. The minimum atomic E-state index is -0.280. The van der Waals surface area contributed by atoms with Gasteiger partial charge in [0.05, 0.1) is 24.4 Å². The van der Waals surface area contributed by atoms with Crippen molar-refractivity contribution in [2.45, 2.75) is 38.8 Å². The summed E-state index contributed by atoms with van der Waals surface area (Å²) in [6.45, 7) is 8.49. The molecule has 7 nitrogen and oxygen atoms in total. The molecule has 7 heteroatoms. The van der Waals surface area contributed by atoms with Gasteiger partial charge in [0, 0.05) is 31.4 Å². The molecule has 140 valence electrons. The van der Waals surface area contributed by atoms with E-state index in [1.54, 1.807) is 6.20 Å². The van der Waals surface area contributed by atoms with Crippen molar-refractivity contribution in [1.82, 2.24) is 19.9 Å². The number of likely N-dealkylation sites (tertiary alicyclic amines) is 1. The van der Waals surface area contributed by atoms with Crippen LogP contribution in [0.4, 0.5) is 0 Å². The summed E-state index contributed by atoms with van der Waals surface area (Å²) in [6, 6.07) is 3.69. The van der Waals surface area contributed by atoms with Gasteiger partial charge in [0.1, 0.15) is 11.5 Å². The molecule has 1 spiro atoms. The Kier molecular flexibility index (Phi) is 4.58. The number of carbonyl (C=O) groups excluding carboxylic acids is 1. The smallest absolute Gasteiger partial charge is 0.270 e. The Hall–Kier alpha value is -2.12. The van der Waals surface area contributed by atoms with Crippen molar-refractivity contribution in [3.8, 4) is 0 Å². The predicted octanol–water partition coefficient (Wildman–Crippen LogP) is 2.13. The van der Waals surface area contributed by atoms with E-state index >= 15 is 0 Å². The molecule has 1 amide bonds. The maximum Gasteiger partial charge on any atom is 0.270 e. The number of H-pyrrole nitrogens is 1. The average Bonchev–Trinajstić information content (AvgIpc) is 3.27. The van der Waals surface area contributed by atoms with E-state index in [0.717, 1.165) is 49.5 Å². The summed E-state index contributed by atoms with van der Waals surface area (Å²) in [6.07, 6.45) is 3.84. The zero-order valence-corrected chi connectivity index (χ0v) is 15.5. The third kappa shape index (κ3) is 3.29. The Morgan fingerprint density at radius 2 is 2.23 bits per heavy atom. The van der Waals surface area contributed by atoms with Crippen molar-refractivity contribution in [1.29, 1.82) is 0 Å². The highest BCUT2D eigenvalue weighted by Gasteiger charge is 2.42. The van der Waals surface area contributed by atoms with Gasteiger partial charge in [0.15, 0.2) is 0 Å². The highest BCUT2D eigenvalue weighted by molar-refractivity contribution is 5.92. The fraction of sp³-hybridized carbons (Fsp3) is 0.579. The quantitative estimate of drug-likeness (QED) is 0.910. The number of nitrogens with zero attached hydrogens (tertiary/aromatic N) is 3. The van der Waals surface area contributed by atoms with E-state index in [0.29, 0.717) is 25.4 Å². The second-order valence-electron chi connectivity index (χ2n) is 7.46. The Balaban J connectivity index is 1.46. The lowest BCUT2D eigenvalue weighted by Crippen LogP contribution is -2.60. The molecule has 0 aromatic carbocycles. The molecule has 4 rings (SSSR count). The number of amides is 1. The fourth-order valence-electron chi connectivity index (χ4n) is 4.18. The van der Waals surface area contributed by atoms with E-state index in [-0.39, 0.29) is 11.5 Å². The first kappa shape index (κ1) is 17.3. The maximum absolute atomic E-state index is 12.7. The van der Waals surface area contributed by atoms with E-state index in [1.165, 1.54) is 0 Å². The Morgan fingerprint density at radius 3 is 2.96 bits per heavy atom. The largest absolute Gasteiger partial charge is 0.370 e. The summed E-state index contributed by atoms with van der Waals surface area (Å²) in [4.78, 5) is 20.1. The molecule has 2 fully saturated rings. The first-order valence-electron chi connectivity index (χ1n) is 9.27. The summed E-state index contributed by atoms with van der Waals surface area (Å²) < 4.78 is 11.5. The van der Waals surface area contributed by atoms with Gasteiger partial charge < -0.3 is 19.1 Å². The molecular formula is C19H26N4O3. The Bertz CT molecular complexity index is 746. The fourth-order valence-corrected chi connectivity index (χ4v) is 4.18. The van der Waals surface area contributed by atoms with Gasteiger partial charge in [-0.3, -0.25) is 9.69 Å². The Labute approximate surface area is 153 Å². The van der Waals surface area contributed by atoms with Crippen molar-refractivity contribution >= 4 is 5.91 Å². The van der Waals surface area contributed by atoms with Gasteiger partial charge in [-0.05, 0) is 45.4 Å². The van der Waals surface area contributed by atoms with Gasteiger partial charge in [-0.25, -0.2) is 0 Å². The highest BCUT2D eigenvalue weighted by atomic mass is 16.5. The van der Waals surface area contributed by atoms with Gasteiger partial charge in [-0.2, -0.15) is 0 Å². The number of carbonyl (C=O) groups is 1. The third-order valence-corrected chi connectivity index (χ3v) is 5.55. The lowest BCUT2D eigenvalue weighted by molar-refractivity contribution is -0.133. The number of aromatic nitrogens is 2. The molecular weight excluding hydrogens is 332 g/mol. The number of hydrogen-bond donors (Lipinski definition) is 1. The maximum atomic E-state index is 12.7. The summed E-state index contributed by atoms with van der Waals surface area (Å²) in [5.74, 6) is 0.941. The molecule has 1 unspecified atom stereocenters. The van der Waals surface area contributed by atoms with Gasteiger partial charge >= 0.3 is 0 Å². The monoisotopic (exact) mass is 358 g/mol. The van der Waals surface area contributed by atoms with Crippen molar-refractivity contribution in [2.24, 2.45) is 0 Å².